The highest BCUT2D eigenvalue weighted by molar-refractivity contribution is 5.61. The molecule has 0 aromatic carbocycles. The third kappa shape index (κ3) is 4.32. The van der Waals surface area contributed by atoms with Crippen LogP contribution in [0.25, 0.3) is 0 Å². The van der Waals surface area contributed by atoms with Crippen LogP contribution in [0.15, 0.2) is 0 Å². The summed E-state index contributed by atoms with van der Waals surface area (Å²) in [5.41, 5.74) is -0.224. The molecule has 0 atom stereocenters. The molecule has 1 rings (SSSR count). The summed E-state index contributed by atoms with van der Waals surface area (Å²) in [6.07, 6.45) is 0.857. The summed E-state index contributed by atoms with van der Waals surface area (Å²) in [7, 11) is 5.30. The van der Waals surface area contributed by atoms with Crippen LogP contribution in [-0.2, 0) is 0 Å². The van der Waals surface area contributed by atoms with Crippen LogP contribution in [-0.4, -0.2) is 54.1 Å². The van der Waals surface area contributed by atoms with Crippen molar-refractivity contribution in [2.24, 2.45) is 0 Å². The minimum Gasteiger partial charge on any atom is -0.476 e. The summed E-state index contributed by atoms with van der Waals surface area (Å²) in [6.45, 7) is 3.15. The van der Waals surface area contributed by atoms with Crippen LogP contribution in [0.1, 0.15) is 12.2 Å². The van der Waals surface area contributed by atoms with E-state index in [9.17, 15) is 10.1 Å². The Labute approximate surface area is 112 Å². The first-order chi connectivity index (χ1) is 8.95. The van der Waals surface area contributed by atoms with Crippen molar-refractivity contribution in [3.8, 4) is 5.88 Å². The molecule has 1 heterocycles. The number of hydrogen-bond donors (Lipinski definition) is 1. The van der Waals surface area contributed by atoms with Gasteiger partial charge in [-0.15, -0.1) is 0 Å². The Morgan fingerprint density at radius 2 is 2.11 bits per heavy atom. The number of ether oxygens (including phenoxy) is 1. The molecule has 0 saturated carbocycles. The minimum atomic E-state index is -0.535. The molecule has 0 spiro atoms. The summed E-state index contributed by atoms with van der Waals surface area (Å²) in [5, 5.41) is 14.0. The third-order valence-corrected chi connectivity index (χ3v) is 2.41. The second kappa shape index (κ2) is 6.83. The number of anilines is 1. The van der Waals surface area contributed by atoms with Crippen LogP contribution < -0.4 is 10.1 Å². The van der Waals surface area contributed by atoms with Gasteiger partial charge < -0.3 is 15.0 Å². The molecule has 8 heteroatoms. The second-order valence-corrected chi connectivity index (χ2v) is 4.32. The summed E-state index contributed by atoms with van der Waals surface area (Å²) < 4.78 is 4.93. The molecular weight excluding hydrogens is 250 g/mol. The highest BCUT2D eigenvalue weighted by Crippen LogP contribution is 2.31. The number of nitro groups is 1. The number of nitrogens with one attached hydrogen (secondary N) is 1. The van der Waals surface area contributed by atoms with Gasteiger partial charge >= 0.3 is 5.69 Å². The van der Waals surface area contributed by atoms with Crippen LogP contribution in [0.3, 0.4) is 0 Å². The average molecular weight is 269 g/mol. The maximum absolute atomic E-state index is 11.1. The monoisotopic (exact) mass is 269 g/mol. The van der Waals surface area contributed by atoms with Gasteiger partial charge in [0.2, 0.25) is 5.82 Å². The zero-order valence-corrected chi connectivity index (χ0v) is 11.6. The molecule has 0 fully saturated rings. The van der Waals surface area contributed by atoms with Gasteiger partial charge in [-0.3, -0.25) is 10.1 Å². The topological polar surface area (TPSA) is 93.4 Å². The lowest BCUT2D eigenvalue weighted by atomic mass is 10.3. The van der Waals surface area contributed by atoms with Crippen molar-refractivity contribution in [2.75, 3.05) is 39.6 Å². The van der Waals surface area contributed by atoms with E-state index in [1.165, 1.54) is 7.11 Å². The Kier molecular flexibility index (Phi) is 5.43. The van der Waals surface area contributed by atoms with Crippen molar-refractivity contribution in [3.05, 3.63) is 15.9 Å². The number of nitrogens with zero attached hydrogens (tertiary/aromatic N) is 4. The summed E-state index contributed by atoms with van der Waals surface area (Å²) in [5.74, 6) is 0.610. The fourth-order valence-corrected chi connectivity index (χ4v) is 1.57. The molecule has 0 saturated heterocycles. The first-order valence-corrected chi connectivity index (χ1v) is 5.91. The predicted octanol–water partition coefficient (Wildman–Crippen LogP) is 1.07. The highest BCUT2D eigenvalue weighted by atomic mass is 16.6. The van der Waals surface area contributed by atoms with Crippen molar-refractivity contribution in [2.45, 2.75) is 13.3 Å². The van der Waals surface area contributed by atoms with Gasteiger partial charge in [-0.1, -0.05) is 0 Å². The van der Waals surface area contributed by atoms with Gasteiger partial charge in [0.25, 0.3) is 5.88 Å². The molecule has 1 aromatic rings. The largest absolute Gasteiger partial charge is 0.476 e. The molecule has 8 nitrogen and oxygen atoms in total. The maximum Gasteiger partial charge on any atom is 0.372 e. The Morgan fingerprint density at radius 1 is 1.42 bits per heavy atom. The van der Waals surface area contributed by atoms with Crippen LogP contribution in [0, 0.1) is 17.0 Å². The number of rotatable bonds is 7. The van der Waals surface area contributed by atoms with E-state index in [0.29, 0.717) is 12.4 Å². The van der Waals surface area contributed by atoms with E-state index in [2.05, 4.69) is 15.3 Å². The molecule has 106 valence electrons. The molecule has 0 amide bonds. The molecule has 0 bridgehead atoms. The number of methoxy groups -OCH3 is 1. The molecule has 0 aliphatic rings. The Hall–Kier alpha value is -1.96. The highest BCUT2D eigenvalue weighted by Gasteiger charge is 2.24. The Bertz CT molecular complexity index is 450. The van der Waals surface area contributed by atoms with Crippen LogP contribution >= 0.6 is 0 Å². The molecule has 0 aliphatic heterocycles. The van der Waals surface area contributed by atoms with Crippen LogP contribution in [0.4, 0.5) is 11.5 Å². The van der Waals surface area contributed by atoms with Gasteiger partial charge in [0.05, 0.1) is 12.0 Å². The van der Waals surface area contributed by atoms with Gasteiger partial charge in [0, 0.05) is 6.54 Å². The fourth-order valence-electron chi connectivity index (χ4n) is 1.57. The second-order valence-electron chi connectivity index (χ2n) is 4.32. The normalized spacial score (nSPS) is 10.6. The molecule has 1 N–H and O–H groups in total. The Morgan fingerprint density at radius 3 is 2.63 bits per heavy atom. The van der Waals surface area contributed by atoms with Crippen molar-refractivity contribution in [1.82, 2.24) is 14.9 Å². The first-order valence-electron chi connectivity index (χ1n) is 5.91. The maximum atomic E-state index is 11.1. The fraction of sp³-hybridized carbons (Fsp3) is 0.636. The third-order valence-electron chi connectivity index (χ3n) is 2.41. The number of aryl methyl sites for hydroxylation is 1. The van der Waals surface area contributed by atoms with Crippen LogP contribution in [0.5, 0.6) is 5.88 Å². The van der Waals surface area contributed by atoms with E-state index >= 15 is 0 Å². The minimum absolute atomic E-state index is 0.0207. The SMILES string of the molecule is COc1nc(C)nc(NCCCN(C)C)c1[N+](=O)[O-]. The lowest BCUT2D eigenvalue weighted by Gasteiger charge is -2.11. The van der Waals surface area contributed by atoms with Crippen molar-refractivity contribution < 1.29 is 9.66 Å². The van der Waals surface area contributed by atoms with Gasteiger partial charge in [-0.05, 0) is 34.0 Å². The molecule has 0 unspecified atom stereocenters. The van der Waals surface area contributed by atoms with E-state index in [1.54, 1.807) is 6.92 Å². The van der Waals surface area contributed by atoms with E-state index in [4.69, 9.17) is 4.74 Å². The summed E-state index contributed by atoms with van der Waals surface area (Å²) in [6, 6.07) is 0. The zero-order valence-electron chi connectivity index (χ0n) is 11.6. The van der Waals surface area contributed by atoms with Gasteiger partial charge in [0.1, 0.15) is 5.82 Å². The van der Waals surface area contributed by atoms with Crippen molar-refractivity contribution in [1.29, 1.82) is 0 Å². The lowest BCUT2D eigenvalue weighted by molar-refractivity contribution is -0.385. The zero-order chi connectivity index (χ0) is 14.4. The predicted molar refractivity (Wildman–Crippen MR) is 71.6 cm³/mol. The standard InChI is InChI=1S/C11H19N5O3/c1-8-13-10(12-6-5-7-15(2)3)9(16(17)18)11(14-8)19-4/h5-7H2,1-4H3,(H,12,13,14). The van der Waals surface area contributed by atoms with E-state index in [-0.39, 0.29) is 17.4 Å². The van der Waals surface area contributed by atoms with Crippen molar-refractivity contribution in [3.63, 3.8) is 0 Å². The molecular formula is C11H19N5O3. The summed E-state index contributed by atoms with van der Waals surface area (Å²) in [4.78, 5) is 20.5. The van der Waals surface area contributed by atoms with Gasteiger partial charge in [0.15, 0.2) is 0 Å². The van der Waals surface area contributed by atoms with Gasteiger partial charge in [-0.25, -0.2) is 4.98 Å². The van der Waals surface area contributed by atoms with Gasteiger partial charge in [-0.2, -0.15) is 4.98 Å². The molecule has 1 aromatic heterocycles. The molecule has 19 heavy (non-hydrogen) atoms. The Balaban J connectivity index is 2.86. The number of hydrogen-bond acceptors (Lipinski definition) is 7. The quantitative estimate of drug-likeness (QED) is 0.449. The van der Waals surface area contributed by atoms with E-state index < -0.39 is 4.92 Å². The summed E-state index contributed by atoms with van der Waals surface area (Å²) >= 11 is 0. The van der Waals surface area contributed by atoms with Crippen LogP contribution in [0.2, 0.25) is 0 Å². The molecule has 0 aliphatic carbocycles. The van der Waals surface area contributed by atoms with Crippen molar-refractivity contribution >= 4 is 11.5 Å². The van der Waals surface area contributed by atoms with E-state index in [0.717, 1.165) is 13.0 Å². The number of aromatic nitrogens is 2. The lowest BCUT2D eigenvalue weighted by Crippen LogP contribution is -2.17. The smallest absolute Gasteiger partial charge is 0.372 e. The van der Waals surface area contributed by atoms with E-state index in [1.807, 2.05) is 19.0 Å². The average Bonchev–Trinajstić information content (AvgIpc) is 2.33. The first kappa shape index (κ1) is 15.1. The molecule has 0 radical (unpaired) electrons.